The summed E-state index contributed by atoms with van der Waals surface area (Å²) in [5.41, 5.74) is 27.9. The molecular weight excluding hydrogens is 1770 g/mol. The van der Waals surface area contributed by atoms with Gasteiger partial charge in [0, 0.05) is 66.3 Å². The van der Waals surface area contributed by atoms with Crippen molar-refractivity contribution in [3.63, 3.8) is 0 Å². The summed E-state index contributed by atoms with van der Waals surface area (Å²) in [4.78, 5) is 0. The summed E-state index contributed by atoms with van der Waals surface area (Å²) in [6.07, 6.45) is 2.29. The van der Waals surface area contributed by atoms with Crippen molar-refractivity contribution in [3.8, 4) is 152 Å². The third kappa shape index (κ3) is 19.7. The third-order valence-electron chi connectivity index (χ3n) is 26.9. The van der Waals surface area contributed by atoms with Crippen molar-refractivity contribution in [2.45, 2.75) is 118 Å². The molecule has 142 heavy (non-hydrogen) atoms. The van der Waals surface area contributed by atoms with Gasteiger partial charge < -0.3 is 73.3 Å². The predicted octanol–water partition coefficient (Wildman–Crippen LogP) is 26.7. The molecule has 6 N–H and O–H groups in total. The van der Waals surface area contributed by atoms with E-state index < -0.39 is 32.6 Å². The van der Waals surface area contributed by atoms with Crippen molar-refractivity contribution in [1.29, 1.82) is 0 Å². The molecule has 0 amide bonds. The van der Waals surface area contributed by atoms with E-state index in [-0.39, 0.29) is 63.4 Å². The molecule has 0 fully saturated rings. The zero-order valence-corrected chi connectivity index (χ0v) is 78.9. The molecule has 0 radical (unpaired) electrons. The second-order valence-electron chi connectivity index (χ2n) is 36.3. The summed E-state index contributed by atoms with van der Waals surface area (Å²) in [5, 5.41) is 72.6. The highest BCUT2D eigenvalue weighted by Gasteiger charge is 2.36. The van der Waals surface area contributed by atoms with Gasteiger partial charge in [0.1, 0.15) is 51.7 Å². The maximum absolute atomic E-state index is 13.9. The first-order valence-electron chi connectivity index (χ1n) is 48.5. The summed E-state index contributed by atoms with van der Waals surface area (Å²) >= 11 is 0. The molecule has 3 atom stereocenters. The van der Waals surface area contributed by atoms with Crippen LogP contribution in [0.1, 0.15) is 120 Å². The number of phenolic OH excluding ortho intramolecular Hbond substituents is 1. The highest BCUT2D eigenvalue weighted by Crippen LogP contribution is 2.50. The maximum Gasteiger partial charge on any atom is 0.406 e. The number of fused-ring (bicyclic) bond motifs is 6. The summed E-state index contributed by atoms with van der Waals surface area (Å²) in [6.45, 7) is -2.15. The minimum atomic E-state index is -1.72. The summed E-state index contributed by atoms with van der Waals surface area (Å²) in [6, 6.07) is 128. The van der Waals surface area contributed by atoms with Crippen molar-refractivity contribution in [2.75, 3.05) is 6.61 Å². The first-order chi connectivity index (χ1) is 69.9. The van der Waals surface area contributed by atoms with Gasteiger partial charge in [-0.25, -0.2) is 0 Å². The highest BCUT2D eigenvalue weighted by atomic mass is 16.9. The molecule has 3 heterocycles. The summed E-state index contributed by atoms with van der Waals surface area (Å²) in [5.74, 6) is 3.19. The number of aromatic hydroxyl groups is 1. The standard InChI is InChI=1S/C127H106O15/c1-3-50-134-125-135-118-101(54-92(83-36-18-7-19-37-83)55-103(118)72-108-61-96(87-44-26-11-27-45-87)65-112(76-129)121(108)136-125)69-99-52-91(82-34-16-6-17-35-82)53-100(116(99)133)70-102-60-95(86-42-24-10-25-43-86)66-113(77-130)122(102)140-127-139-120-105(57-94(85-40-22-9-23-41-85)59-107(120)74-110-63-98(89-48-30-13-31-49-89)68-115(79-132)124(110)142-127)71-104-56-93(84-38-20-8-21-39-84)58-106-73-109-62-97(88-46-28-12-29-47-88)67-114(78-131)123(109)141-126(138-119(104)106)137-117-80(4-2)51-90(64-111(117)75-128)81-32-14-5-15-33-81/h5-49,51-68,125-133H,3-4,50,69-79H2,1-2H3. The van der Waals surface area contributed by atoms with E-state index in [9.17, 15) is 30.6 Å². The van der Waals surface area contributed by atoms with Gasteiger partial charge in [0.2, 0.25) is 0 Å². The van der Waals surface area contributed by atoms with Gasteiger partial charge in [-0.3, -0.25) is 0 Å². The number of aliphatic hydroxyl groups is 5. The van der Waals surface area contributed by atoms with Gasteiger partial charge in [0.25, 0.3) is 0 Å². The summed E-state index contributed by atoms with van der Waals surface area (Å²) < 4.78 is 65.6. The van der Waals surface area contributed by atoms with E-state index in [0.29, 0.717) is 122 Å². The Morgan fingerprint density at radius 1 is 0.218 bits per heavy atom. The number of phenols is 1. The van der Waals surface area contributed by atoms with Crippen LogP contribution >= 0.6 is 0 Å². The molecule has 0 bridgehead atoms. The van der Waals surface area contributed by atoms with Crippen molar-refractivity contribution < 1.29 is 73.3 Å². The number of rotatable bonds is 28. The number of ether oxygens (including phenoxy) is 9. The fraction of sp³-hybridized carbons (Fsp3) is 0.150. The first-order valence-corrected chi connectivity index (χ1v) is 48.5. The molecule has 3 aliphatic heterocycles. The van der Waals surface area contributed by atoms with E-state index in [0.717, 1.165) is 145 Å². The van der Waals surface area contributed by atoms with Crippen LogP contribution in [0.5, 0.6) is 51.7 Å². The van der Waals surface area contributed by atoms with Crippen LogP contribution in [0, 0.1) is 0 Å². The van der Waals surface area contributed by atoms with Crippen molar-refractivity contribution in [1.82, 2.24) is 0 Å². The monoisotopic (exact) mass is 1870 g/mol. The van der Waals surface area contributed by atoms with Gasteiger partial charge in [-0.1, -0.05) is 287 Å². The molecule has 15 nitrogen and oxygen atoms in total. The molecule has 0 aromatic heterocycles. The lowest BCUT2D eigenvalue weighted by atomic mass is 9.88. The van der Waals surface area contributed by atoms with Crippen molar-refractivity contribution >= 4 is 0 Å². The average Bonchev–Trinajstić information content (AvgIpc) is 0.757. The molecule has 3 aliphatic rings. The molecule has 0 saturated carbocycles. The number of hydrogen-bond donors (Lipinski definition) is 6. The highest BCUT2D eigenvalue weighted by molar-refractivity contribution is 5.79. The SMILES string of the molecule is CCCOC1Oc2c(CO)cc(-c3ccccc3)cc2Cc2cc(-c3ccccc3)cc(Cc3cc(-c4ccccc4)cc(Cc4cc(-c5ccccc5)cc(CO)c4OC4Oc5c(CO)cc(-c6ccccc6)cc5Cc5cc(-c6ccccc6)cc(Cc6cc(-c7ccccc7)cc7c6OC(Oc6c(CC)cc(-c8ccccc8)cc6CO)Oc6c(CO)cc(-c8ccccc8)cc6C7)c5O4)c3O)c2O1. The molecule has 18 aromatic carbocycles. The lowest BCUT2D eigenvalue weighted by molar-refractivity contribution is -0.200. The molecule has 704 valence electrons. The van der Waals surface area contributed by atoms with E-state index in [1.807, 2.05) is 263 Å². The van der Waals surface area contributed by atoms with E-state index in [1.54, 1.807) is 0 Å². The Labute approximate surface area is 826 Å². The topological polar surface area (TPSA) is 204 Å². The van der Waals surface area contributed by atoms with Gasteiger partial charge in [0.15, 0.2) is 0 Å². The van der Waals surface area contributed by atoms with Crippen LogP contribution in [0.15, 0.2) is 382 Å². The number of aliphatic hydroxyl groups excluding tert-OH is 5. The number of aryl methyl sites for hydroxylation is 1. The minimum absolute atomic E-state index is 0.000822. The maximum atomic E-state index is 13.9. The Hall–Kier alpha value is -16.1. The lowest BCUT2D eigenvalue weighted by Gasteiger charge is -2.31. The van der Waals surface area contributed by atoms with Gasteiger partial charge in [-0.05, 0) is 295 Å². The molecular formula is C127H106O15. The van der Waals surface area contributed by atoms with Gasteiger partial charge >= 0.3 is 19.4 Å². The molecule has 21 rings (SSSR count). The lowest BCUT2D eigenvalue weighted by Crippen LogP contribution is -2.34. The minimum Gasteiger partial charge on any atom is -0.507 e. The third-order valence-corrected chi connectivity index (χ3v) is 26.9. The Kier molecular flexibility index (Phi) is 27.2. The quantitative estimate of drug-likeness (QED) is 0.0270. The van der Waals surface area contributed by atoms with Crippen LogP contribution in [-0.4, -0.2) is 56.7 Å². The molecule has 0 aliphatic carbocycles. The van der Waals surface area contributed by atoms with E-state index in [2.05, 4.69) is 133 Å². The Morgan fingerprint density at radius 3 is 0.669 bits per heavy atom. The normalized spacial score (nSPS) is 14.0. The molecule has 0 spiro atoms. The molecule has 0 saturated heterocycles. The van der Waals surface area contributed by atoms with Gasteiger partial charge in [0.05, 0.1) is 39.6 Å². The smallest absolute Gasteiger partial charge is 0.406 e. The Bertz CT molecular complexity index is 7550. The van der Waals surface area contributed by atoms with Crippen LogP contribution < -0.4 is 37.9 Å². The van der Waals surface area contributed by atoms with Crippen LogP contribution in [0.4, 0.5) is 0 Å². The van der Waals surface area contributed by atoms with Crippen LogP contribution in [0.25, 0.3) is 100 Å². The largest absolute Gasteiger partial charge is 0.507 e. The molecule has 3 unspecified atom stereocenters. The van der Waals surface area contributed by atoms with Crippen LogP contribution in [0.2, 0.25) is 0 Å². The molecule has 18 aromatic rings. The van der Waals surface area contributed by atoms with Crippen LogP contribution in [-0.2, 0) is 82.7 Å². The molecule has 15 heteroatoms. The van der Waals surface area contributed by atoms with Gasteiger partial charge in [-0.2, -0.15) is 0 Å². The van der Waals surface area contributed by atoms with E-state index in [1.165, 1.54) is 0 Å². The van der Waals surface area contributed by atoms with Crippen molar-refractivity contribution in [3.05, 3.63) is 482 Å². The first kappa shape index (κ1) is 92.3. The fourth-order valence-corrected chi connectivity index (χ4v) is 20.1. The van der Waals surface area contributed by atoms with Gasteiger partial charge in [-0.15, -0.1) is 0 Å². The van der Waals surface area contributed by atoms with Crippen LogP contribution in [0.3, 0.4) is 0 Å². The Balaban J connectivity index is 0.743. The van der Waals surface area contributed by atoms with Crippen molar-refractivity contribution in [2.24, 2.45) is 0 Å². The van der Waals surface area contributed by atoms with E-state index in [4.69, 9.17) is 42.6 Å². The zero-order valence-electron chi connectivity index (χ0n) is 78.9. The second-order valence-corrected chi connectivity index (χ2v) is 36.3. The van der Waals surface area contributed by atoms with E-state index >= 15 is 0 Å². The number of benzene rings is 18. The Morgan fingerprint density at radius 2 is 0.415 bits per heavy atom. The average molecular weight is 1870 g/mol. The fourth-order valence-electron chi connectivity index (χ4n) is 20.1. The number of hydrogen-bond acceptors (Lipinski definition) is 15. The predicted molar refractivity (Wildman–Crippen MR) is 557 cm³/mol. The summed E-state index contributed by atoms with van der Waals surface area (Å²) in [7, 11) is 0. The second kappa shape index (κ2) is 41.9. The zero-order chi connectivity index (χ0) is 96.5.